The minimum Gasteiger partial charge on any atom is -0.479 e. The molecule has 1 aliphatic heterocycles. The van der Waals surface area contributed by atoms with Gasteiger partial charge in [-0.2, -0.15) is 5.10 Å². The third-order valence-corrected chi connectivity index (χ3v) is 5.55. The second kappa shape index (κ2) is 6.16. The third-order valence-electron chi connectivity index (χ3n) is 4.47. The number of nitrogens with zero attached hydrogens (tertiary/aromatic N) is 3. The highest BCUT2D eigenvalue weighted by molar-refractivity contribution is 7.10. The molecule has 122 valence electrons. The molecule has 3 heterocycles. The average molecular weight is 333 g/mol. The van der Waals surface area contributed by atoms with Crippen LogP contribution in [-0.4, -0.2) is 44.8 Å². The number of hydrogen-bond acceptors (Lipinski definition) is 4. The van der Waals surface area contributed by atoms with Crippen molar-refractivity contribution in [3.8, 4) is 0 Å². The Morgan fingerprint density at radius 3 is 2.65 bits per heavy atom. The first-order valence-corrected chi connectivity index (χ1v) is 8.55. The van der Waals surface area contributed by atoms with E-state index in [1.165, 1.54) is 9.56 Å². The molecule has 0 radical (unpaired) electrons. The fourth-order valence-corrected chi connectivity index (χ4v) is 3.81. The minimum absolute atomic E-state index is 0.0135. The summed E-state index contributed by atoms with van der Waals surface area (Å²) in [6, 6.07) is 3.65. The van der Waals surface area contributed by atoms with Gasteiger partial charge in [-0.25, -0.2) is 4.79 Å². The van der Waals surface area contributed by atoms with Gasteiger partial charge < -0.3 is 10.0 Å². The van der Waals surface area contributed by atoms with Gasteiger partial charge >= 0.3 is 5.97 Å². The molecule has 0 aromatic carbocycles. The predicted octanol–water partition coefficient (Wildman–Crippen LogP) is 2.22. The summed E-state index contributed by atoms with van der Waals surface area (Å²) in [4.78, 5) is 27.3. The lowest BCUT2D eigenvalue weighted by Crippen LogP contribution is -2.52. The second-order valence-electron chi connectivity index (χ2n) is 5.73. The SMILES string of the molecule is CCc1cc(C(=O)N2CCC(C(=O)O)(n3cccn3)CC2)cs1. The maximum atomic E-state index is 12.6. The number of thiophene rings is 1. The smallest absolute Gasteiger partial charge is 0.331 e. The maximum Gasteiger partial charge on any atom is 0.331 e. The van der Waals surface area contributed by atoms with Crippen molar-refractivity contribution in [2.75, 3.05) is 13.1 Å². The van der Waals surface area contributed by atoms with E-state index in [0.717, 1.165) is 6.42 Å². The summed E-state index contributed by atoms with van der Waals surface area (Å²) in [6.07, 6.45) is 4.90. The van der Waals surface area contributed by atoms with Crippen LogP contribution in [0.15, 0.2) is 29.9 Å². The molecule has 0 spiro atoms. The molecule has 1 aliphatic rings. The van der Waals surface area contributed by atoms with Gasteiger partial charge in [-0.3, -0.25) is 9.48 Å². The Morgan fingerprint density at radius 1 is 1.39 bits per heavy atom. The highest BCUT2D eigenvalue weighted by Crippen LogP contribution is 2.31. The fourth-order valence-electron chi connectivity index (χ4n) is 3.00. The van der Waals surface area contributed by atoms with E-state index in [4.69, 9.17) is 0 Å². The van der Waals surface area contributed by atoms with Gasteiger partial charge in [-0.15, -0.1) is 11.3 Å². The number of carboxylic acid groups (broad SMARTS) is 1. The lowest BCUT2D eigenvalue weighted by atomic mass is 9.87. The van der Waals surface area contributed by atoms with E-state index in [0.29, 0.717) is 31.5 Å². The van der Waals surface area contributed by atoms with Crippen molar-refractivity contribution in [3.05, 3.63) is 40.3 Å². The van der Waals surface area contributed by atoms with Crippen LogP contribution in [0.5, 0.6) is 0 Å². The van der Waals surface area contributed by atoms with Gasteiger partial charge in [0.1, 0.15) is 0 Å². The number of carbonyl (C=O) groups is 2. The van der Waals surface area contributed by atoms with Gasteiger partial charge in [-0.1, -0.05) is 6.92 Å². The van der Waals surface area contributed by atoms with Crippen LogP contribution in [0.2, 0.25) is 0 Å². The molecule has 23 heavy (non-hydrogen) atoms. The van der Waals surface area contributed by atoms with Crippen LogP contribution in [0, 0.1) is 0 Å². The number of carbonyl (C=O) groups excluding carboxylic acids is 1. The van der Waals surface area contributed by atoms with E-state index < -0.39 is 11.5 Å². The highest BCUT2D eigenvalue weighted by Gasteiger charge is 2.44. The van der Waals surface area contributed by atoms with Crippen LogP contribution < -0.4 is 0 Å². The Balaban J connectivity index is 1.74. The Labute approximate surface area is 138 Å². The Kier molecular flexibility index (Phi) is 4.21. The third kappa shape index (κ3) is 2.76. The Bertz CT molecular complexity index is 700. The minimum atomic E-state index is -1.05. The molecular weight excluding hydrogens is 314 g/mol. The molecule has 0 unspecified atom stereocenters. The zero-order valence-corrected chi connectivity index (χ0v) is 13.8. The van der Waals surface area contributed by atoms with E-state index in [1.807, 2.05) is 11.4 Å². The fraction of sp³-hybridized carbons (Fsp3) is 0.438. The number of rotatable bonds is 4. The van der Waals surface area contributed by atoms with Gasteiger partial charge in [0.05, 0.1) is 5.56 Å². The molecule has 1 fully saturated rings. The summed E-state index contributed by atoms with van der Waals surface area (Å²) in [7, 11) is 0. The number of aliphatic carboxylic acids is 1. The predicted molar refractivity (Wildman–Crippen MR) is 86.7 cm³/mol. The summed E-state index contributed by atoms with van der Waals surface area (Å²) < 4.78 is 1.51. The Morgan fingerprint density at radius 2 is 2.13 bits per heavy atom. The van der Waals surface area contributed by atoms with Crippen LogP contribution in [0.25, 0.3) is 0 Å². The standard InChI is InChI=1S/C16H19N3O3S/c1-2-13-10-12(11-23-13)14(20)18-8-4-16(5-9-18,15(21)22)19-7-3-6-17-19/h3,6-7,10-11H,2,4-5,8-9H2,1H3,(H,21,22). The molecule has 3 rings (SSSR count). The first kappa shape index (κ1) is 15.7. The Hall–Kier alpha value is -2.15. The zero-order valence-electron chi connectivity index (χ0n) is 12.9. The number of amides is 1. The molecule has 6 nitrogen and oxygen atoms in total. The zero-order chi connectivity index (χ0) is 16.4. The molecule has 7 heteroatoms. The van der Waals surface area contributed by atoms with E-state index >= 15 is 0 Å². The van der Waals surface area contributed by atoms with Gasteiger partial charge in [-0.05, 0) is 18.6 Å². The normalized spacial score (nSPS) is 17.2. The van der Waals surface area contributed by atoms with Crippen molar-refractivity contribution in [2.24, 2.45) is 0 Å². The second-order valence-corrected chi connectivity index (χ2v) is 6.73. The molecule has 1 saturated heterocycles. The first-order valence-electron chi connectivity index (χ1n) is 7.67. The molecule has 0 aliphatic carbocycles. The summed E-state index contributed by atoms with van der Waals surface area (Å²) in [5, 5.41) is 15.7. The van der Waals surface area contributed by atoms with Crippen molar-refractivity contribution in [1.29, 1.82) is 0 Å². The van der Waals surface area contributed by atoms with Crippen LogP contribution in [-0.2, 0) is 16.8 Å². The summed E-state index contributed by atoms with van der Waals surface area (Å²) in [5.74, 6) is -0.905. The van der Waals surface area contributed by atoms with E-state index in [-0.39, 0.29) is 5.91 Å². The van der Waals surface area contributed by atoms with Crippen LogP contribution >= 0.6 is 11.3 Å². The average Bonchev–Trinajstić information content (AvgIpc) is 3.25. The van der Waals surface area contributed by atoms with Crippen LogP contribution in [0.4, 0.5) is 0 Å². The number of aromatic nitrogens is 2. The lowest BCUT2D eigenvalue weighted by molar-refractivity contribution is -0.150. The summed E-state index contributed by atoms with van der Waals surface area (Å²) in [5.41, 5.74) is -0.350. The summed E-state index contributed by atoms with van der Waals surface area (Å²) >= 11 is 1.59. The molecule has 0 atom stereocenters. The number of hydrogen-bond donors (Lipinski definition) is 1. The van der Waals surface area contributed by atoms with Crippen molar-refractivity contribution >= 4 is 23.2 Å². The number of carboxylic acids is 1. The van der Waals surface area contributed by atoms with Crippen molar-refractivity contribution < 1.29 is 14.7 Å². The first-order chi connectivity index (χ1) is 11.1. The van der Waals surface area contributed by atoms with E-state index in [1.54, 1.807) is 34.7 Å². The van der Waals surface area contributed by atoms with Crippen molar-refractivity contribution in [2.45, 2.75) is 31.7 Å². The van der Waals surface area contributed by atoms with Crippen molar-refractivity contribution in [3.63, 3.8) is 0 Å². The molecule has 2 aromatic heterocycles. The van der Waals surface area contributed by atoms with E-state index in [2.05, 4.69) is 12.0 Å². The van der Waals surface area contributed by atoms with E-state index in [9.17, 15) is 14.7 Å². The summed E-state index contributed by atoms with van der Waals surface area (Å²) in [6.45, 7) is 2.90. The van der Waals surface area contributed by atoms with Gasteiger partial charge in [0.2, 0.25) is 0 Å². The topological polar surface area (TPSA) is 75.4 Å². The van der Waals surface area contributed by atoms with Crippen LogP contribution in [0.1, 0.15) is 35.0 Å². The quantitative estimate of drug-likeness (QED) is 0.931. The molecule has 2 aromatic rings. The molecular formula is C16H19N3O3S. The number of piperidine rings is 1. The molecule has 1 N–H and O–H groups in total. The lowest BCUT2D eigenvalue weighted by Gasteiger charge is -2.38. The monoisotopic (exact) mass is 333 g/mol. The molecule has 0 saturated carbocycles. The van der Waals surface area contributed by atoms with Crippen LogP contribution in [0.3, 0.4) is 0 Å². The largest absolute Gasteiger partial charge is 0.479 e. The van der Waals surface area contributed by atoms with Gasteiger partial charge in [0, 0.05) is 48.6 Å². The van der Waals surface area contributed by atoms with Gasteiger partial charge in [0.25, 0.3) is 5.91 Å². The molecule has 1 amide bonds. The van der Waals surface area contributed by atoms with Gasteiger partial charge in [0.15, 0.2) is 5.54 Å². The number of likely N-dealkylation sites (tertiary alicyclic amines) is 1. The van der Waals surface area contributed by atoms with Crippen molar-refractivity contribution in [1.82, 2.24) is 14.7 Å². The number of aryl methyl sites for hydroxylation is 1. The highest BCUT2D eigenvalue weighted by atomic mass is 32.1. The molecule has 0 bridgehead atoms. The maximum absolute atomic E-state index is 12.6.